The smallest absolute Gasteiger partial charge is 0.0354 e. The minimum atomic E-state index is 1.04. The summed E-state index contributed by atoms with van der Waals surface area (Å²) in [6, 6.07) is 0. The first kappa shape index (κ1) is 9.24. The van der Waals surface area contributed by atoms with E-state index in [-0.39, 0.29) is 0 Å². The molecule has 0 N–H and O–H groups in total. The van der Waals surface area contributed by atoms with Crippen molar-refractivity contribution in [1.29, 1.82) is 0 Å². The number of rotatable bonds is 0. The Morgan fingerprint density at radius 3 is 2.43 bits per heavy atom. The van der Waals surface area contributed by atoms with Crippen molar-refractivity contribution < 1.29 is 0 Å². The highest BCUT2D eigenvalue weighted by Crippen LogP contribution is 2.54. The number of hydrogen-bond donors (Lipinski definition) is 0. The minimum absolute atomic E-state index is 1.04. The largest absolute Gasteiger partial charge is 0.0625 e. The van der Waals surface area contributed by atoms with Gasteiger partial charge in [0.25, 0.3) is 0 Å². The highest BCUT2D eigenvalue weighted by atomic mass is 14.5. The van der Waals surface area contributed by atoms with E-state index in [1.807, 2.05) is 0 Å². The van der Waals surface area contributed by atoms with Gasteiger partial charge in [0.1, 0.15) is 0 Å². The second-order valence-electron chi connectivity index (χ2n) is 6.29. The Kier molecular flexibility index (Phi) is 2.34. The van der Waals surface area contributed by atoms with E-state index >= 15 is 0 Å². The van der Waals surface area contributed by atoms with Crippen LogP contribution in [0, 0.1) is 29.6 Å². The van der Waals surface area contributed by atoms with Crippen LogP contribution >= 0.6 is 0 Å². The van der Waals surface area contributed by atoms with Gasteiger partial charge in [-0.1, -0.05) is 32.6 Å². The first-order valence-corrected chi connectivity index (χ1v) is 6.84. The Labute approximate surface area is 88.5 Å². The lowest BCUT2D eigenvalue weighted by Crippen LogP contribution is -2.25. The molecule has 0 spiro atoms. The monoisotopic (exact) mass is 192 g/mol. The summed E-state index contributed by atoms with van der Waals surface area (Å²) >= 11 is 0. The van der Waals surface area contributed by atoms with Crippen molar-refractivity contribution in [3.63, 3.8) is 0 Å². The molecule has 0 nitrogen and oxygen atoms in total. The van der Waals surface area contributed by atoms with Crippen LogP contribution in [-0.2, 0) is 0 Å². The lowest BCUT2D eigenvalue weighted by atomic mass is 9.71. The molecule has 0 aromatic heterocycles. The van der Waals surface area contributed by atoms with E-state index in [9.17, 15) is 0 Å². The van der Waals surface area contributed by atoms with E-state index in [0.29, 0.717) is 0 Å². The van der Waals surface area contributed by atoms with Crippen LogP contribution in [0.1, 0.15) is 58.3 Å². The summed E-state index contributed by atoms with van der Waals surface area (Å²) in [7, 11) is 0. The van der Waals surface area contributed by atoms with Gasteiger partial charge in [-0.3, -0.25) is 0 Å². The molecule has 5 unspecified atom stereocenters. The molecule has 0 saturated heterocycles. The van der Waals surface area contributed by atoms with E-state index in [1.165, 1.54) is 18.8 Å². The van der Waals surface area contributed by atoms with Crippen LogP contribution in [0.3, 0.4) is 0 Å². The zero-order valence-electron chi connectivity index (χ0n) is 9.54. The first-order valence-electron chi connectivity index (χ1n) is 6.84. The third-order valence-electron chi connectivity index (χ3n) is 5.43. The Morgan fingerprint density at radius 2 is 1.50 bits per heavy atom. The molecule has 0 radical (unpaired) electrons. The van der Waals surface area contributed by atoms with Gasteiger partial charge < -0.3 is 0 Å². The molecule has 3 fully saturated rings. The average Bonchev–Trinajstić information content (AvgIpc) is 2.54. The van der Waals surface area contributed by atoms with Crippen LogP contribution < -0.4 is 0 Å². The maximum Gasteiger partial charge on any atom is -0.0354 e. The molecule has 3 aliphatic carbocycles. The maximum atomic E-state index is 2.47. The normalized spacial score (nSPS) is 52.5. The van der Waals surface area contributed by atoms with Crippen molar-refractivity contribution in [2.24, 2.45) is 29.6 Å². The lowest BCUT2D eigenvalue weighted by Gasteiger charge is -2.34. The van der Waals surface area contributed by atoms with Crippen molar-refractivity contribution in [1.82, 2.24) is 0 Å². The van der Waals surface area contributed by atoms with Crippen LogP contribution in [0.5, 0.6) is 0 Å². The van der Waals surface area contributed by atoms with Crippen LogP contribution in [0.15, 0.2) is 0 Å². The Morgan fingerprint density at radius 1 is 0.714 bits per heavy atom. The van der Waals surface area contributed by atoms with Gasteiger partial charge in [-0.15, -0.1) is 0 Å². The molecule has 14 heavy (non-hydrogen) atoms. The summed E-state index contributed by atoms with van der Waals surface area (Å²) in [4.78, 5) is 0. The molecule has 3 saturated carbocycles. The van der Waals surface area contributed by atoms with Crippen molar-refractivity contribution >= 4 is 0 Å². The van der Waals surface area contributed by atoms with Gasteiger partial charge in [-0.05, 0) is 55.3 Å². The summed E-state index contributed by atoms with van der Waals surface area (Å²) in [5.41, 5.74) is 0. The van der Waals surface area contributed by atoms with E-state index < -0.39 is 0 Å². The predicted octanol–water partition coefficient (Wildman–Crippen LogP) is 4.25. The van der Waals surface area contributed by atoms with E-state index in [2.05, 4.69) is 6.92 Å². The molecule has 3 rings (SSSR count). The summed E-state index contributed by atoms with van der Waals surface area (Å²) in [5, 5.41) is 0. The second kappa shape index (κ2) is 3.54. The summed E-state index contributed by atoms with van der Waals surface area (Å²) in [5.74, 6) is 5.67. The minimum Gasteiger partial charge on any atom is -0.0625 e. The van der Waals surface area contributed by atoms with Crippen LogP contribution in [0.25, 0.3) is 0 Å². The Bertz CT molecular complexity index is 208. The molecule has 0 aliphatic heterocycles. The predicted molar refractivity (Wildman–Crippen MR) is 60.1 cm³/mol. The number of fused-ring (bicyclic) bond motifs is 3. The number of hydrogen-bond acceptors (Lipinski definition) is 0. The molecule has 0 aromatic rings. The lowest BCUT2D eigenvalue weighted by molar-refractivity contribution is 0.159. The van der Waals surface area contributed by atoms with Gasteiger partial charge in [0.15, 0.2) is 0 Å². The van der Waals surface area contributed by atoms with Crippen molar-refractivity contribution in [3.05, 3.63) is 0 Å². The SMILES string of the molecule is CC1CCC2C(C1)CC1CCCCC12. The summed E-state index contributed by atoms with van der Waals surface area (Å²) in [6.45, 7) is 2.47. The topological polar surface area (TPSA) is 0 Å². The molecular weight excluding hydrogens is 168 g/mol. The van der Waals surface area contributed by atoms with Gasteiger partial charge in [0, 0.05) is 0 Å². The van der Waals surface area contributed by atoms with Gasteiger partial charge in [-0.25, -0.2) is 0 Å². The quantitative estimate of drug-likeness (QED) is 0.538. The third-order valence-corrected chi connectivity index (χ3v) is 5.43. The average molecular weight is 192 g/mol. The zero-order chi connectivity index (χ0) is 9.54. The third kappa shape index (κ3) is 1.42. The molecule has 5 atom stereocenters. The zero-order valence-corrected chi connectivity index (χ0v) is 9.54. The molecule has 3 aliphatic rings. The molecule has 0 bridgehead atoms. The molecule has 80 valence electrons. The van der Waals surface area contributed by atoms with E-state index in [0.717, 1.165) is 23.7 Å². The molecule has 0 aromatic carbocycles. The molecule has 0 amide bonds. The van der Waals surface area contributed by atoms with Crippen molar-refractivity contribution in [3.8, 4) is 0 Å². The van der Waals surface area contributed by atoms with Crippen LogP contribution in [0.2, 0.25) is 0 Å². The summed E-state index contributed by atoms with van der Waals surface area (Å²) in [6.07, 6.45) is 12.5. The van der Waals surface area contributed by atoms with Crippen LogP contribution in [0.4, 0.5) is 0 Å². The highest BCUT2D eigenvalue weighted by molar-refractivity contribution is 4.95. The molecular formula is C14H24. The van der Waals surface area contributed by atoms with E-state index in [1.54, 1.807) is 38.5 Å². The van der Waals surface area contributed by atoms with Crippen LogP contribution in [-0.4, -0.2) is 0 Å². The van der Waals surface area contributed by atoms with Gasteiger partial charge in [0.05, 0.1) is 0 Å². The fourth-order valence-electron chi connectivity index (χ4n) is 4.84. The summed E-state index contributed by atoms with van der Waals surface area (Å²) < 4.78 is 0. The second-order valence-corrected chi connectivity index (χ2v) is 6.29. The molecule has 0 heterocycles. The van der Waals surface area contributed by atoms with Crippen molar-refractivity contribution in [2.45, 2.75) is 58.3 Å². The standard InChI is InChI=1S/C14H24/c1-10-6-7-14-12(8-10)9-11-4-2-3-5-13(11)14/h10-14H,2-9H2,1H3. The van der Waals surface area contributed by atoms with Crippen molar-refractivity contribution in [2.75, 3.05) is 0 Å². The Hall–Kier alpha value is 0. The highest BCUT2D eigenvalue weighted by Gasteiger charge is 2.45. The van der Waals surface area contributed by atoms with Gasteiger partial charge in [0.2, 0.25) is 0 Å². The first-order chi connectivity index (χ1) is 6.84. The Balaban J connectivity index is 1.74. The maximum absolute atomic E-state index is 2.47. The fraction of sp³-hybridized carbons (Fsp3) is 1.00. The van der Waals surface area contributed by atoms with Gasteiger partial charge >= 0.3 is 0 Å². The van der Waals surface area contributed by atoms with E-state index in [4.69, 9.17) is 0 Å². The van der Waals surface area contributed by atoms with Gasteiger partial charge in [-0.2, -0.15) is 0 Å². The fourth-order valence-corrected chi connectivity index (χ4v) is 4.84. The molecule has 0 heteroatoms.